The minimum absolute atomic E-state index is 0.0485. The fourth-order valence-electron chi connectivity index (χ4n) is 1.56. The van der Waals surface area contributed by atoms with Gasteiger partial charge in [0.25, 0.3) is 0 Å². The molecule has 9 heteroatoms. The Labute approximate surface area is 110 Å². The molecule has 0 saturated carbocycles. The maximum atomic E-state index is 11.1. The molecule has 0 aliphatic heterocycles. The van der Waals surface area contributed by atoms with Gasteiger partial charge < -0.3 is 10.6 Å². The van der Waals surface area contributed by atoms with Gasteiger partial charge in [0.2, 0.25) is 5.95 Å². The van der Waals surface area contributed by atoms with Gasteiger partial charge in [-0.1, -0.05) is 0 Å². The molecule has 2 heterocycles. The van der Waals surface area contributed by atoms with Gasteiger partial charge in [-0.3, -0.25) is 5.10 Å². The molecule has 0 spiro atoms. The van der Waals surface area contributed by atoms with Gasteiger partial charge in [0.15, 0.2) is 5.65 Å². The predicted molar refractivity (Wildman–Crippen MR) is 74.0 cm³/mol. The van der Waals surface area contributed by atoms with Crippen molar-refractivity contribution in [1.29, 1.82) is 0 Å². The van der Waals surface area contributed by atoms with Gasteiger partial charge >= 0.3 is 0 Å². The van der Waals surface area contributed by atoms with E-state index in [4.69, 9.17) is 0 Å². The summed E-state index contributed by atoms with van der Waals surface area (Å²) in [7, 11) is -3.00. The quantitative estimate of drug-likeness (QED) is 0.696. The third-order valence-electron chi connectivity index (χ3n) is 2.41. The van der Waals surface area contributed by atoms with Crippen LogP contribution in [0.25, 0.3) is 11.0 Å². The van der Waals surface area contributed by atoms with E-state index < -0.39 is 9.84 Å². The molecule has 0 atom stereocenters. The lowest BCUT2D eigenvalue weighted by Crippen LogP contribution is -2.15. The molecular weight excluding hydrogens is 268 g/mol. The molecule has 2 rings (SSSR count). The summed E-state index contributed by atoms with van der Waals surface area (Å²) in [6.07, 6.45) is 2.81. The predicted octanol–water partition coefficient (Wildman–Crippen LogP) is 0.241. The largest absolute Gasteiger partial charge is 0.368 e. The SMILES string of the molecule is CCNc1nc(NCCS(C)(=O)=O)c2cn[nH]c2n1. The van der Waals surface area contributed by atoms with Crippen molar-refractivity contribution in [2.24, 2.45) is 0 Å². The molecule has 2 aromatic rings. The van der Waals surface area contributed by atoms with E-state index in [1.807, 2.05) is 6.92 Å². The second-order valence-electron chi connectivity index (χ2n) is 4.12. The Hall–Kier alpha value is -1.90. The Bertz CT molecular complexity index is 666. The van der Waals surface area contributed by atoms with Crippen LogP contribution < -0.4 is 10.6 Å². The number of nitrogens with zero attached hydrogens (tertiary/aromatic N) is 3. The lowest BCUT2D eigenvalue weighted by atomic mass is 10.4. The second-order valence-corrected chi connectivity index (χ2v) is 6.37. The standard InChI is InChI=1S/C10H16N6O2S/c1-3-11-10-14-8(12-4-5-19(2,17)18)7-6-13-16-9(7)15-10/h6H,3-5H2,1-2H3,(H3,11,12,13,14,15,16). The molecule has 8 nitrogen and oxygen atoms in total. The number of aromatic amines is 1. The fourth-order valence-corrected chi connectivity index (χ4v) is 2.03. The average molecular weight is 284 g/mol. The molecule has 0 bridgehead atoms. The molecule has 0 aromatic carbocycles. The van der Waals surface area contributed by atoms with Gasteiger partial charge in [0.1, 0.15) is 15.7 Å². The van der Waals surface area contributed by atoms with Crippen molar-refractivity contribution in [1.82, 2.24) is 20.2 Å². The summed E-state index contributed by atoms with van der Waals surface area (Å²) in [5.74, 6) is 1.09. The fraction of sp³-hybridized carbons (Fsp3) is 0.500. The molecule has 3 N–H and O–H groups in total. The number of hydrogen-bond donors (Lipinski definition) is 3. The molecule has 0 amide bonds. The summed E-state index contributed by atoms with van der Waals surface area (Å²) in [6, 6.07) is 0. The zero-order chi connectivity index (χ0) is 13.9. The first kappa shape index (κ1) is 13.5. The summed E-state index contributed by atoms with van der Waals surface area (Å²) >= 11 is 0. The van der Waals surface area contributed by atoms with Crippen molar-refractivity contribution in [2.45, 2.75) is 6.92 Å². The van der Waals surface area contributed by atoms with Gasteiger partial charge in [0, 0.05) is 19.3 Å². The molecule has 0 unspecified atom stereocenters. The highest BCUT2D eigenvalue weighted by Gasteiger charge is 2.09. The van der Waals surface area contributed by atoms with Crippen molar-refractivity contribution >= 4 is 32.6 Å². The van der Waals surface area contributed by atoms with Crippen molar-refractivity contribution < 1.29 is 8.42 Å². The number of H-pyrrole nitrogens is 1. The topological polar surface area (TPSA) is 113 Å². The van der Waals surface area contributed by atoms with Crippen LogP contribution in [-0.4, -0.2) is 53.7 Å². The van der Waals surface area contributed by atoms with Crippen LogP contribution >= 0.6 is 0 Å². The Morgan fingerprint density at radius 3 is 2.79 bits per heavy atom. The van der Waals surface area contributed by atoms with E-state index in [0.29, 0.717) is 30.5 Å². The van der Waals surface area contributed by atoms with Gasteiger partial charge in [-0.2, -0.15) is 15.1 Å². The maximum Gasteiger partial charge on any atom is 0.226 e. The molecule has 0 fully saturated rings. The number of aromatic nitrogens is 4. The third-order valence-corrected chi connectivity index (χ3v) is 3.36. The van der Waals surface area contributed by atoms with E-state index in [1.54, 1.807) is 6.20 Å². The van der Waals surface area contributed by atoms with Crippen LogP contribution in [0.3, 0.4) is 0 Å². The van der Waals surface area contributed by atoms with E-state index in [2.05, 4.69) is 30.8 Å². The minimum Gasteiger partial charge on any atom is -0.368 e. The molecule has 19 heavy (non-hydrogen) atoms. The van der Waals surface area contributed by atoms with Crippen molar-refractivity contribution in [2.75, 3.05) is 35.7 Å². The Balaban J connectivity index is 2.22. The highest BCUT2D eigenvalue weighted by Crippen LogP contribution is 2.19. The van der Waals surface area contributed by atoms with Gasteiger partial charge in [-0.25, -0.2) is 8.42 Å². The minimum atomic E-state index is -3.00. The zero-order valence-electron chi connectivity index (χ0n) is 10.8. The molecule has 104 valence electrons. The highest BCUT2D eigenvalue weighted by atomic mass is 32.2. The Morgan fingerprint density at radius 1 is 1.32 bits per heavy atom. The van der Waals surface area contributed by atoms with E-state index in [-0.39, 0.29) is 5.75 Å². The van der Waals surface area contributed by atoms with Crippen LogP contribution in [0, 0.1) is 0 Å². The number of sulfone groups is 1. The Kier molecular flexibility index (Phi) is 3.84. The summed E-state index contributed by atoms with van der Waals surface area (Å²) in [4.78, 5) is 8.54. The number of nitrogens with one attached hydrogen (secondary N) is 3. The number of fused-ring (bicyclic) bond motifs is 1. The summed E-state index contributed by atoms with van der Waals surface area (Å²) in [5.41, 5.74) is 0.604. The highest BCUT2D eigenvalue weighted by molar-refractivity contribution is 7.90. The first-order valence-corrected chi connectivity index (χ1v) is 7.92. The monoisotopic (exact) mass is 284 g/mol. The van der Waals surface area contributed by atoms with Crippen LogP contribution in [0.5, 0.6) is 0 Å². The van der Waals surface area contributed by atoms with Crippen LogP contribution in [0.4, 0.5) is 11.8 Å². The van der Waals surface area contributed by atoms with E-state index in [9.17, 15) is 8.42 Å². The lowest BCUT2D eigenvalue weighted by Gasteiger charge is -2.08. The average Bonchev–Trinajstić information content (AvgIpc) is 2.76. The van der Waals surface area contributed by atoms with Crippen LogP contribution in [0.15, 0.2) is 6.20 Å². The molecule has 2 aromatic heterocycles. The third kappa shape index (κ3) is 3.53. The number of anilines is 2. The van der Waals surface area contributed by atoms with Crippen LogP contribution in [0.1, 0.15) is 6.92 Å². The van der Waals surface area contributed by atoms with Gasteiger partial charge in [-0.15, -0.1) is 0 Å². The first-order chi connectivity index (χ1) is 8.99. The molecular formula is C10H16N6O2S. The van der Waals surface area contributed by atoms with Crippen molar-refractivity contribution in [3.63, 3.8) is 0 Å². The van der Waals surface area contributed by atoms with Gasteiger partial charge in [-0.05, 0) is 6.92 Å². The maximum absolute atomic E-state index is 11.1. The first-order valence-electron chi connectivity index (χ1n) is 5.86. The molecule has 0 aliphatic rings. The molecule has 0 aliphatic carbocycles. The van der Waals surface area contributed by atoms with E-state index in [1.165, 1.54) is 6.26 Å². The molecule has 0 radical (unpaired) electrons. The summed E-state index contributed by atoms with van der Waals surface area (Å²) < 4.78 is 22.2. The normalized spacial score (nSPS) is 11.7. The zero-order valence-corrected chi connectivity index (χ0v) is 11.6. The van der Waals surface area contributed by atoms with E-state index >= 15 is 0 Å². The van der Waals surface area contributed by atoms with Gasteiger partial charge in [0.05, 0.1) is 17.3 Å². The second kappa shape index (κ2) is 5.39. The summed E-state index contributed by atoms with van der Waals surface area (Å²) in [6.45, 7) is 2.93. The van der Waals surface area contributed by atoms with Crippen molar-refractivity contribution in [3.8, 4) is 0 Å². The smallest absolute Gasteiger partial charge is 0.226 e. The Morgan fingerprint density at radius 2 is 2.11 bits per heavy atom. The number of rotatable bonds is 6. The lowest BCUT2D eigenvalue weighted by molar-refractivity contribution is 0.602. The molecule has 0 saturated heterocycles. The van der Waals surface area contributed by atoms with Crippen LogP contribution in [0.2, 0.25) is 0 Å². The number of hydrogen-bond acceptors (Lipinski definition) is 7. The van der Waals surface area contributed by atoms with Crippen molar-refractivity contribution in [3.05, 3.63) is 6.20 Å². The van der Waals surface area contributed by atoms with Crippen LogP contribution in [-0.2, 0) is 9.84 Å². The van der Waals surface area contributed by atoms with E-state index in [0.717, 1.165) is 5.39 Å². The summed E-state index contributed by atoms with van der Waals surface area (Å²) in [5, 5.41) is 13.4.